The lowest BCUT2D eigenvalue weighted by molar-refractivity contribution is -0.189. The van der Waals surface area contributed by atoms with Crippen molar-refractivity contribution >= 4 is 11.6 Å². The number of aliphatic hydroxyl groups is 1. The van der Waals surface area contributed by atoms with E-state index in [1.165, 1.54) is 0 Å². The molecule has 0 amide bonds. The molecule has 72 valence electrons. The van der Waals surface area contributed by atoms with E-state index in [2.05, 4.69) is 0 Å². The van der Waals surface area contributed by atoms with Crippen molar-refractivity contribution in [1.29, 1.82) is 0 Å². The highest BCUT2D eigenvalue weighted by Gasteiger charge is 2.18. The van der Waals surface area contributed by atoms with Gasteiger partial charge in [0.25, 0.3) is 0 Å². The Labute approximate surface area is 77.6 Å². The van der Waals surface area contributed by atoms with Crippen LogP contribution in [0.25, 0.3) is 0 Å². The Kier molecular flexibility index (Phi) is 4.92. The first-order valence-corrected chi connectivity index (χ1v) is 4.84. The second-order valence-corrected chi connectivity index (χ2v) is 3.20. The average molecular weight is 195 g/mol. The summed E-state index contributed by atoms with van der Waals surface area (Å²) in [6.07, 6.45) is 2.70. The molecule has 0 saturated carbocycles. The molecule has 0 aromatic rings. The van der Waals surface area contributed by atoms with Gasteiger partial charge in [-0.3, -0.25) is 0 Å². The minimum absolute atomic E-state index is 0.0383. The van der Waals surface area contributed by atoms with Crippen LogP contribution in [-0.4, -0.2) is 36.6 Å². The topological polar surface area (TPSA) is 38.7 Å². The fraction of sp³-hybridized carbons (Fsp3) is 1.00. The molecule has 1 rings (SSSR count). The largest absolute Gasteiger partial charge is 0.394 e. The highest BCUT2D eigenvalue weighted by atomic mass is 35.5. The van der Waals surface area contributed by atoms with E-state index in [0.29, 0.717) is 5.88 Å². The maximum Gasteiger partial charge on any atom is 0.158 e. The molecule has 0 aliphatic carbocycles. The van der Waals surface area contributed by atoms with E-state index in [4.69, 9.17) is 26.2 Å². The number of alkyl halides is 1. The van der Waals surface area contributed by atoms with Gasteiger partial charge >= 0.3 is 0 Å². The molecule has 2 atom stereocenters. The summed E-state index contributed by atoms with van der Waals surface area (Å²) in [5.41, 5.74) is 0. The quantitative estimate of drug-likeness (QED) is 0.682. The molecule has 12 heavy (non-hydrogen) atoms. The summed E-state index contributed by atoms with van der Waals surface area (Å²) >= 11 is 5.55. The zero-order valence-electron chi connectivity index (χ0n) is 7.04. The molecule has 1 aliphatic rings. The lowest BCUT2D eigenvalue weighted by Crippen LogP contribution is -2.30. The summed E-state index contributed by atoms with van der Waals surface area (Å²) in [7, 11) is 0. The molecule has 3 nitrogen and oxygen atoms in total. The van der Waals surface area contributed by atoms with Crippen molar-refractivity contribution in [2.45, 2.75) is 31.7 Å². The highest BCUT2D eigenvalue weighted by Crippen LogP contribution is 2.15. The van der Waals surface area contributed by atoms with Crippen molar-refractivity contribution in [3.05, 3.63) is 0 Å². The first-order valence-electron chi connectivity index (χ1n) is 4.30. The van der Waals surface area contributed by atoms with Gasteiger partial charge in [0.05, 0.1) is 18.6 Å². The Morgan fingerprint density at radius 1 is 1.58 bits per heavy atom. The second-order valence-electron chi connectivity index (χ2n) is 2.89. The number of aliphatic hydroxyl groups excluding tert-OH is 1. The predicted molar refractivity (Wildman–Crippen MR) is 46.3 cm³/mol. The van der Waals surface area contributed by atoms with Crippen LogP contribution in [0.15, 0.2) is 0 Å². The Hall–Kier alpha value is 0.170. The summed E-state index contributed by atoms with van der Waals surface area (Å²) in [4.78, 5) is 0. The summed E-state index contributed by atoms with van der Waals surface area (Å²) in [6, 6.07) is 0. The Morgan fingerprint density at radius 2 is 2.42 bits per heavy atom. The minimum Gasteiger partial charge on any atom is -0.394 e. The molecular weight excluding hydrogens is 180 g/mol. The minimum atomic E-state index is -0.283. The molecule has 1 aliphatic heterocycles. The standard InChI is InChI=1S/C8H15ClO3/c9-5-7(6-10)12-8-3-1-2-4-11-8/h7-8,10H,1-6H2. The Bertz CT molecular complexity index is 111. The van der Waals surface area contributed by atoms with Crippen molar-refractivity contribution in [3.8, 4) is 0 Å². The Balaban J connectivity index is 2.18. The van der Waals surface area contributed by atoms with Crippen molar-refractivity contribution in [2.24, 2.45) is 0 Å². The number of ether oxygens (including phenoxy) is 2. The molecule has 1 fully saturated rings. The molecule has 0 spiro atoms. The third kappa shape index (κ3) is 3.27. The summed E-state index contributed by atoms with van der Waals surface area (Å²) in [6.45, 7) is 0.717. The van der Waals surface area contributed by atoms with E-state index in [9.17, 15) is 0 Å². The number of hydrogen-bond acceptors (Lipinski definition) is 3. The third-order valence-electron chi connectivity index (χ3n) is 1.86. The molecule has 1 heterocycles. The lowest BCUT2D eigenvalue weighted by atomic mass is 10.2. The fourth-order valence-corrected chi connectivity index (χ4v) is 1.33. The van der Waals surface area contributed by atoms with E-state index >= 15 is 0 Å². The van der Waals surface area contributed by atoms with Crippen LogP contribution >= 0.6 is 11.6 Å². The lowest BCUT2D eigenvalue weighted by Gasteiger charge is -2.25. The number of halogens is 1. The van der Waals surface area contributed by atoms with Gasteiger partial charge in [-0.1, -0.05) is 0 Å². The van der Waals surface area contributed by atoms with Crippen LogP contribution in [0.4, 0.5) is 0 Å². The van der Waals surface area contributed by atoms with Gasteiger partial charge in [0.1, 0.15) is 0 Å². The molecule has 0 bridgehead atoms. The van der Waals surface area contributed by atoms with Gasteiger partial charge in [0, 0.05) is 6.61 Å². The van der Waals surface area contributed by atoms with Crippen molar-refractivity contribution in [3.63, 3.8) is 0 Å². The smallest absolute Gasteiger partial charge is 0.158 e. The maximum atomic E-state index is 8.79. The molecule has 2 unspecified atom stereocenters. The Morgan fingerprint density at radius 3 is 2.92 bits per heavy atom. The number of hydrogen-bond donors (Lipinski definition) is 1. The summed E-state index contributed by atoms with van der Waals surface area (Å²) in [5, 5.41) is 8.79. The second kappa shape index (κ2) is 5.75. The third-order valence-corrected chi connectivity index (χ3v) is 2.20. The predicted octanol–water partition coefficient (Wildman–Crippen LogP) is 1.13. The fourth-order valence-electron chi connectivity index (χ4n) is 1.16. The van der Waals surface area contributed by atoms with Crippen LogP contribution in [0, 0.1) is 0 Å². The van der Waals surface area contributed by atoms with Crippen molar-refractivity contribution in [2.75, 3.05) is 19.1 Å². The van der Waals surface area contributed by atoms with Gasteiger partial charge in [-0.05, 0) is 19.3 Å². The van der Waals surface area contributed by atoms with Crippen LogP contribution in [0.1, 0.15) is 19.3 Å². The molecule has 0 aromatic heterocycles. The monoisotopic (exact) mass is 194 g/mol. The first kappa shape index (κ1) is 10.3. The van der Waals surface area contributed by atoms with Crippen molar-refractivity contribution in [1.82, 2.24) is 0 Å². The molecule has 0 aromatic carbocycles. The molecule has 4 heteroatoms. The van der Waals surface area contributed by atoms with E-state index in [1.54, 1.807) is 0 Å². The van der Waals surface area contributed by atoms with E-state index in [-0.39, 0.29) is 19.0 Å². The zero-order valence-corrected chi connectivity index (χ0v) is 7.79. The van der Waals surface area contributed by atoms with E-state index < -0.39 is 0 Å². The van der Waals surface area contributed by atoms with Gasteiger partial charge in [-0.15, -0.1) is 11.6 Å². The average Bonchev–Trinajstić information content (AvgIpc) is 2.16. The first-order chi connectivity index (χ1) is 5.86. The van der Waals surface area contributed by atoms with Crippen LogP contribution in [0.5, 0.6) is 0 Å². The van der Waals surface area contributed by atoms with Gasteiger partial charge < -0.3 is 14.6 Å². The van der Waals surface area contributed by atoms with Crippen LogP contribution in [0.3, 0.4) is 0 Å². The van der Waals surface area contributed by atoms with Gasteiger partial charge in [0.2, 0.25) is 0 Å². The molecular formula is C8H15ClO3. The van der Waals surface area contributed by atoms with E-state index in [1.807, 2.05) is 0 Å². The summed E-state index contributed by atoms with van der Waals surface area (Å²) < 4.78 is 10.7. The summed E-state index contributed by atoms with van der Waals surface area (Å²) in [5.74, 6) is 0.316. The highest BCUT2D eigenvalue weighted by molar-refractivity contribution is 6.18. The SMILES string of the molecule is OCC(CCl)OC1CCCCO1. The van der Waals surface area contributed by atoms with Crippen LogP contribution in [0.2, 0.25) is 0 Å². The molecule has 0 radical (unpaired) electrons. The van der Waals surface area contributed by atoms with Crippen LogP contribution in [-0.2, 0) is 9.47 Å². The zero-order chi connectivity index (χ0) is 8.81. The van der Waals surface area contributed by atoms with Crippen LogP contribution < -0.4 is 0 Å². The number of rotatable bonds is 4. The maximum absolute atomic E-state index is 8.79. The van der Waals surface area contributed by atoms with Crippen molar-refractivity contribution < 1.29 is 14.6 Å². The molecule has 1 saturated heterocycles. The van der Waals surface area contributed by atoms with Gasteiger partial charge in [0.15, 0.2) is 6.29 Å². The molecule has 1 N–H and O–H groups in total. The van der Waals surface area contributed by atoms with E-state index in [0.717, 1.165) is 25.9 Å². The normalized spacial score (nSPS) is 27.0. The van der Waals surface area contributed by atoms with Gasteiger partial charge in [-0.25, -0.2) is 0 Å². The van der Waals surface area contributed by atoms with Gasteiger partial charge in [-0.2, -0.15) is 0 Å².